The van der Waals surface area contributed by atoms with Gasteiger partial charge >= 0.3 is 0 Å². The molecule has 1 aromatic heterocycles. The van der Waals surface area contributed by atoms with E-state index in [0.717, 1.165) is 5.56 Å². The Kier molecular flexibility index (Phi) is 6.20. The highest BCUT2D eigenvalue weighted by Crippen LogP contribution is 2.32. The Morgan fingerprint density at radius 3 is 2.50 bits per heavy atom. The van der Waals surface area contributed by atoms with Crippen LogP contribution in [0.3, 0.4) is 0 Å². The third-order valence-corrected chi connectivity index (χ3v) is 4.26. The summed E-state index contributed by atoms with van der Waals surface area (Å²) in [6.45, 7) is 2.14. The maximum atomic E-state index is 12.1. The van der Waals surface area contributed by atoms with Gasteiger partial charge in [0, 0.05) is 24.7 Å². The molecule has 7 heteroatoms. The number of benzene rings is 1. The molecule has 0 spiro atoms. The molecule has 0 radical (unpaired) electrons. The van der Waals surface area contributed by atoms with Gasteiger partial charge < -0.3 is 20.1 Å². The quantitative estimate of drug-likeness (QED) is 0.807. The summed E-state index contributed by atoms with van der Waals surface area (Å²) in [5.74, 6) is 0.803. The van der Waals surface area contributed by atoms with E-state index in [1.165, 1.54) is 11.3 Å². The minimum Gasteiger partial charge on any atom is -0.493 e. The summed E-state index contributed by atoms with van der Waals surface area (Å²) in [4.78, 5) is 24.5. The fourth-order valence-corrected chi connectivity index (χ4v) is 2.75. The lowest BCUT2D eigenvalue weighted by Gasteiger charge is -2.13. The molecule has 2 N–H and O–H groups in total. The second kappa shape index (κ2) is 8.35. The van der Waals surface area contributed by atoms with E-state index >= 15 is 0 Å². The van der Waals surface area contributed by atoms with Crippen LogP contribution >= 0.6 is 11.3 Å². The molecule has 2 amide bonds. The Labute approximate surface area is 144 Å². The Morgan fingerprint density at radius 2 is 1.88 bits per heavy atom. The van der Waals surface area contributed by atoms with E-state index in [9.17, 15) is 9.59 Å². The average Bonchev–Trinajstić information content (AvgIpc) is 3.10. The normalized spacial score (nSPS) is 10.1. The van der Waals surface area contributed by atoms with Crippen LogP contribution in [0.15, 0.2) is 29.6 Å². The maximum absolute atomic E-state index is 12.1. The molecule has 0 unspecified atom stereocenters. The highest BCUT2D eigenvalue weighted by Gasteiger charge is 2.12. The molecule has 0 saturated carbocycles. The molecule has 0 fully saturated rings. The fraction of sp³-hybridized carbons (Fsp3) is 0.294. The first-order valence-electron chi connectivity index (χ1n) is 7.39. The summed E-state index contributed by atoms with van der Waals surface area (Å²) in [6, 6.07) is 7.07. The number of methoxy groups -OCH3 is 2. The summed E-state index contributed by atoms with van der Waals surface area (Å²) in [7, 11) is 3.10. The first-order valence-corrected chi connectivity index (χ1v) is 8.27. The van der Waals surface area contributed by atoms with Crippen molar-refractivity contribution in [2.24, 2.45) is 0 Å². The number of hydrogen-bond acceptors (Lipinski definition) is 5. The topological polar surface area (TPSA) is 76.7 Å². The van der Waals surface area contributed by atoms with Gasteiger partial charge in [-0.05, 0) is 30.0 Å². The zero-order chi connectivity index (χ0) is 17.5. The highest BCUT2D eigenvalue weighted by atomic mass is 32.1. The second-order valence-electron chi connectivity index (χ2n) is 5.05. The molecule has 128 valence electrons. The van der Waals surface area contributed by atoms with Gasteiger partial charge in [0.15, 0.2) is 11.5 Å². The molecule has 6 nitrogen and oxygen atoms in total. The van der Waals surface area contributed by atoms with Gasteiger partial charge in [-0.15, -0.1) is 11.3 Å². The van der Waals surface area contributed by atoms with Crippen LogP contribution in [0.5, 0.6) is 11.5 Å². The van der Waals surface area contributed by atoms with Crippen molar-refractivity contribution in [1.29, 1.82) is 0 Å². The lowest BCUT2D eigenvalue weighted by Crippen LogP contribution is -2.27. The number of carbonyl (C=O) groups is 2. The van der Waals surface area contributed by atoms with Crippen LogP contribution in [0.25, 0.3) is 0 Å². The Balaban J connectivity index is 1.89. The maximum Gasteiger partial charge on any atom is 0.261 e. The number of amides is 2. The molecule has 0 saturated heterocycles. The van der Waals surface area contributed by atoms with Crippen molar-refractivity contribution in [3.05, 3.63) is 40.1 Å². The number of aryl methyl sites for hydroxylation is 1. The van der Waals surface area contributed by atoms with Crippen LogP contribution in [-0.4, -0.2) is 32.6 Å². The number of rotatable bonds is 7. The number of anilines is 1. The monoisotopic (exact) mass is 348 g/mol. The number of hydrogen-bond donors (Lipinski definition) is 2. The van der Waals surface area contributed by atoms with Crippen molar-refractivity contribution in [2.75, 3.05) is 26.1 Å². The van der Waals surface area contributed by atoms with Gasteiger partial charge in [0.25, 0.3) is 5.91 Å². The Morgan fingerprint density at radius 1 is 1.17 bits per heavy atom. The second-order valence-corrected chi connectivity index (χ2v) is 6.00. The first-order chi connectivity index (χ1) is 11.5. The molecule has 0 atom stereocenters. The molecule has 0 bridgehead atoms. The minimum atomic E-state index is -0.184. The van der Waals surface area contributed by atoms with Crippen LogP contribution in [0, 0.1) is 6.92 Å². The molecule has 1 aromatic carbocycles. The van der Waals surface area contributed by atoms with E-state index in [0.29, 0.717) is 22.1 Å². The fourth-order valence-electron chi connectivity index (χ4n) is 2.11. The van der Waals surface area contributed by atoms with Crippen molar-refractivity contribution in [3.63, 3.8) is 0 Å². The Hall–Kier alpha value is -2.54. The van der Waals surface area contributed by atoms with Gasteiger partial charge in [-0.25, -0.2) is 0 Å². The van der Waals surface area contributed by atoms with E-state index in [2.05, 4.69) is 10.6 Å². The van der Waals surface area contributed by atoms with E-state index < -0.39 is 0 Å². The molecule has 2 aromatic rings. The van der Waals surface area contributed by atoms with Crippen LogP contribution in [-0.2, 0) is 4.79 Å². The molecule has 0 aliphatic heterocycles. The van der Waals surface area contributed by atoms with Crippen molar-refractivity contribution in [3.8, 4) is 11.5 Å². The summed E-state index contributed by atoms with van der Waals surface area (Å²) in [6.07, 6.45) is 0.185. The lowest BCUT2D eigenvalue weighted by atomic mass is 10.1. The van der Waals surface area contributed by atoms with Gasteiger partial charge in [0.2, 0.25) is 5.91 Å². The van der Waals surface area contributed by atoms with E-state index in [1.54, 1.807) is 32.4 Å². The lowest BCUT2D eigenvalue weighted by molar-refractivity contribution is -0.116. The zero-order valence-corrected chi connectivity index (χ0v) is 14.7. The van der Waals surface area contributed by atoms with Crippen LogP contribution in [0.2, 0.25) is 0 Å². The molecule has 0 aliphatic carbocycles. The van der Waals surface area contributed by atoms with Gasteiger partial charge in [-0.2, -0.15) is 0 Å². The highest BCUT2D eigenvalue weighted by molar-refractivity contribution is 7.12. The molecular weight excluding hydrogens is 328 g/mol. The molecular formula is C17H20N2O4S. The van der Waals surface area contributed by atoms with E-state index in [4.69, 9.17) is 9.47 Å². The minimum absolute atomic E-state index is 0.167. The predicted octanol–water partition coefficient (Wildman–Crippen LogP) is 2.83. The van der Waals surface area contributed by atoms with E-state index in [1.807, 2.05) is 18.4 Å². The molecule has 1 heterocycles. The smallest absolute Gasteiger partial charge is 0.261 e. The summed E-state index contributed by atoms with van der Waals surface area (Å²) in [5, 5.41) is 7.38. The standard InChI is InChI=1S/C17H20N2O4S/c1-11-9-13(22-2)14(23-3)10-12(11)19-16(20)6-7-18-17(21)15-5-4-8-24-15/h4-5,8-10H,6-7H2,1-3H3,(H,18,21)(H,19,20). The number of carbonyl (C=O) groups excluding carboxylic acids is 2. The van der Waals surface area contributed by atoms with Crippen molar-refractivity contribution >= 4 is 28.8 Å². The van der Waals surface area contributed by atoms with E-state index in [-0.39, 0.29) is 24.8 Å². The number of thiophene rings is 1. The van der Waals surface area contributed by atoms with Crippen LogP contribution in [0.4, 0.5) is 5.69 Å². The SMILES string of the molecule is COc1cc(C)c(NC(=O)CCNC(=O)c2cccs2)cc1OC. The molecule has 2 rings (SSSR count). The van der Waals surface area contributed by atoms with Crippen LogP contribution < -0.4 is 20.1 Å². The molecule has 24 heavy (non-hydrogen) atoms. The van der Waals surface area contributed by atoms with Gasteiger partial charge in [-0.3, -0.25) is 9.59 Å². The van der Waals surface area contributed by atoms with Gasteiger partial charge in [-0.1, -0.05) is 6.07 Å². The Bertz CT molecular complexity index is 714. The summed E-state index contributed by atoms with van der Waals surface area (Å²) < 4.78 is 10.5. The molecule has 0 aliphatic rings. The zero-order valence-electron chi connectivity index (χ0n) is 13.8. The average molecular weight is 348 g/mol. The summed E-state index contributed by atoms with van der Waals surface area (Å²) >= 11 is 1.36. The predicted molar refractivity (Wildman–Crippen MR) is 94.2 cm³/mol. The van der Waals surface area contributed by atoms with Crippen LogP contribution in [0.1, 0.15) is 21.7 Å². The van der Waals surface area contributed by atoms with Crippen molar-refractivity contribution in [2.45, 2.75) is 13.3 Å². The van der Waals surface area contributed by atoms with Gasteiger partial charge in [0.05, 0.1) is 19.1 Å². The third kappa shape index (κ3) is 4.48. The number of nitrogens with one attached hydrogen (secondary N) is 2. The first kappa shape index (κ1) is 17.8. The van der Waals surface area contributed by atoms with Crippen molar-refractivity contribution < 1.29 is 19.1 Å². The van der Waals surface area contributed by atoms with Gasteiger partial charge in [0.1, 0.15) is 0 Å². The summed E-state index contributed by atoms with van der Waals surface area (Å²) in [5.41, 5.74) is 1.52. The largest absolute Gasteiger partial charge is 0.493 e. The third-order valence-electron chi connectivity index (χ3n) is 3.39. The van der Waals surface area contributed by atoms with Crippen molar-refractivity contribution in [1.82, 2.24) is 5.32 Å². The number of ether oxygens (including phenoxy) is 2.